The molecule has 0 bridgehead atoms. The Labute approximate surface area is 446 Å². The summed E-state index contributed by atoms with van der Waals surface area (Å²) in [5.74, 6) is -6.98. The molecule has 3 saturated heterocycles. The number of carboxylic acid groups (broad SMARTS) is 1. The van der Waals surface area contributed by atoms with Gasteiger partial charge in [0.25, 0.3) is 0 Å². The standard InChI is InChI=1S/C51H75N15O11/c1-51(21-12-26-66(51)46(74)39-20-11-25-65(39)44(72)33(52)17-8-22-57-49(53)54)48(77)59-29-40(68)60-35(27-31-13-4-2-5-14-31)41(69)63-37(30-67)45(73)64-24-10-19-38(64)43(71)62-36(28-32-15-6-3-7-16-32)42(70)61-34(47(75)76)18-9-23-58-50(55)56/h2-7,13-16,33-39,67H,8-12,17-30,52H2,1H3,(H,59,77)(H,60,68)(H,61,70)(H,62,71)(H,63,69)(H,75,76)(H4,53,54,57)(H4,55,56,58)/t33-,34-,35-,36-,37-,38-,39-,51-/m0/s1. The third-order valence-electron chi connectivity index (χ3n) is 14.0. The van der Waals surface area contributed by atoms with Crippen LogP contribution in [0.1, 0.15) is 82.3 Å². The van der Waals surface area contributed by atoms with E-state index in [1.807, 2.05) is 0 Å². The van der Waals surface area contributed by atoms with Crippen molar-refractivity contribution in [1.82, 2.24) is 41.3 Å². The molecule has 2 aromatic carbocycles. The minimum atomic E-state index is -1.59. The molecule has 8 atom stereocenters. The van der Waals surface area contributed by atoms with Crippen molar-refractivity contribution in [2.45, 2.75) is 132 Å². The maximum Gasteiger partial charge on any atom is 0.326 e. The number of carboxylic acids is 1. The van der Waals surface area contributed by atoms with Crippen molar-refractivity contribution in [3.63, 3.8) is 0 Å². The minimum Gasteiger partial charge on any atom is -0.480 e. The molecule has 0 spiro atoms. The molecule has 0 unspecified atom stereocenters. The maximum atomic E-state index is 14.2. The molecule has 5 rings (SSSR count). The van der Waals surface area contributed by atoms with Crippen LogP contribution >= 0.6 is 0 Å². The van der Waals surface area contributed by atoms with E-state index in [4.69, 9.17) is 28.7 Å². The van der Waals surface area contributed by atoms with Gasteiger partial charge in [0.05, 0.1) is 19.2 Å². The van der Waals surface area contributed by atoms with Gasteiger partial charge in [-0.05, 0) is 82.3 Å². The average molecular weight is 1070 g/mol. The number of carbonyl (C=O) groups is 9. The van der Waals surface area contributed by atoms with Crippen molar-refractivity contribution in [1.29, 1.82) is 0 Å². The summed E-state index contributed by atoms with van der Waals surface area (Å²) in [6, 6.07) is 8.89. The summed E-state index contributed by atoms with van der Waals surface area (Å²) in [6.07, 6.45) is 3.03. The predicted molar refractivity (Wildman–Crippen MR) is 282 cm³/mol. The number of hydrogen-bond acceptors (Lipinski definition) is 13. The number of benzene rings is 2. The second-order valence-electron chi connectivity index (χ2n) is 19.6. The number of carbonyl (C=O) groups excluding carboxylic acids is 8. The molecule has 17 N–H and O–H groups in total. The van der Waals surface area contributed by atoms with Gasteiger partial charge >= 0.3 is 5.97 Å². The Hall–Kier alpha value is -7.87. The van der Waals surface area contributed by atoms with Crippen molar-refractivity contribution in [2.75, 3.05) is 45.9 Å². The highest BCUT2D eigenvalue weighted by Gasteiger charge is 2.50. The van der Waals surface area contributed by atoms with Crippen LogP contribution in [0.2, 0.25) is 0 Å². The van der Waals surface area contributed by atoms with E-state index in [-0.39, 0.29) is 76.6 Å². The summed E-state index contributed by atoms with van der Waals surface area (Å²) in [5, 5.41) is 33.4. The molecule has 26 heteroatoms. The minimum absolute atomic E-state index is 0.0218. The first-order valence-corrected chi connectivity index (χ1v) is 25.9. The van der Waals surface area contributed by atoms with Crippen molar-refractivity contribution < 1.29 is 53.4 Å². The van der Waals surface area contributed by atoms with Crippen LogP contribution in [0.25, 0.3) is 0 Å². The fourth-order valence-corrected chi connectivity index (χ4v) is 9.85. The second-order valence-corrected chi connectivity index (χ2v) is 19.6. The molecular formula is C51H75N15O11. The summed E-state index contributed by atoms with van der Waals surface area (Å²) in [7, 11) is 0. The largest absolute Gasteiger partial charge is 0.480 e. The average Bonchev–Trinajstić information content (AvgIpc) is 4.22. The Morgan fingerprint density at radius 3 is 1.73 bits per heavy atom. The lowest BCUT2D eigenvalue weighted by Crippen LogP contribution is -2.61. The molecule has 26 nitrogen and oxygen atoms in total. The van der Waals surface area contributed by atoms with Crippen molar-refractivity contribution in [3.8, 4) is 0 Å². The van der Waals surface area contributed by atoms with Crippen LogP contribution in [-0.2, 0) is 56.0 Å². The maximum absolute atomic E-state index is 14.2. The zero-order valence-electron chi connectivity index (χ0n) is 43.4. The van der Waals surface area contributed by atoms with Gasteiger partial charge in [0.2, 0.25) is 47.3 Å². The van der Waals surface area contributed by atoms with E-state index in [9.17, 15) is 53.4 Å². The molecule has 0 aromatic heterocycles. The molecule has 3 aliphatic rings. The van der Waals surface area contributed by atoms with E-state index in [0.29, 0.717) is 56.2 Å². The normalized spacial score (nSPS) is 19.9. The van der Waals surface area contributed by atoms with Gasteiger partial charge in [-0.1, -0.05) is 60.7 Å². The zero-order chi connectivity index (χ0) is 56.2. The Bertz CT molecular complexity index is 2460. The quantitative estimate of drug-likeness (QED) is 0.0234. The second kappa shape index (κ2) is 28.9. The van der Waals surface area contributed by atoms with Crippen molar-refractivity contribution >= 4 is 65.1 Å². The number of aliphatic hydroxyl groups excluding tert-OH is 1. The number of hydrogen-bond donors (Lipinski definition) is 12. The van der Waals surface area contributed by atoms with E-state index in [0.717, 1.165) is 0 Å². The number of nitrogens with one attached hydrogen (secondary N) is 5. The lowest BCUT2D eigenvalue weighted by molar-refractivity contribution is -0.151. The summed E-state index contributed by atoms with van der Waals surface area (Å²) in [5.41, 5.74) is 27.6. The van der Waals surface area contributed by atoms with E-state index in [1.54, 1.807) is 67.6 Å². The first kappa shape index (κ1) is 60.0. The number of amides is 8. The topological polar surface area (TPSA) is 419 Å². The molecule has 77 heavy (non-hydrogen) atoms. The Kier molecular flexibility index (Phi) is 22.5. The third kappa shape index (κ3) is 17.1. The molecule has 0 aliphatic carbocycles. The van der Waals surface area contributed by atoms with Gasteiger partial charge in [-0.2, -0.15) is 0 Å². The number of aliphatic imine (C=N–C) groups is 2. The number of nitrogens with two attached hydrogens (primary N) is 5. The van der Waals surface area contributed by atoms with Crippen molar-refractivity contribution in [2.24, 2.45) is 38.7 Å². The molecule has 420 valence electrons. The van der Waals surface area contributed by atoms with Gasteiger partial charge in [-0.3, -0.25) is 48.3 Å². The lowest BCUT2D eigenvalue weighted by Gasteiger charge is -2.37. The monoisotopic (exact) mass is 1070 g/mol. The van der Waals surface area contributed by atoms with Crippen LogP contribution in [0.15, 0.2) is 70.6 Å². The van der Waals surface area contributed by atoms with E-state index >= 15 is 0 Å². The summed E-state index contributed by atoms with van der Waals surface area (Å²) >= 11 is 0. The Morgan fingerprint density at radius 1 is 0.662 bits per heavy atom. The van der Waals surface area contributed by atoms with Crippen LogP contribution in [-0.4, -0.2) is 184 Å². The Morgan fingerprint density at radius 2 is 1.18 bits per heavy atom. The first-order chi connectivity index (χ1) is 36.7. The van der Waals surface area contributed by atoms with Crippen LogP contribution in [0, 0.1) is 0 Å². The van der Waals surface area contributed by atoms with Gasteiger partial charge < -0.3 is 80.2 Å². The molecule has 3 heterocycles. The highest BCUT2D eigenvalue weighted by atomic mass is 16.4. The molecule has 3 aliphatic heterocycles. The third-order valence-corrected chi connectivity index (χ3v) is 14.0. The lowest BCUT2D eigenvalue weighted by atomic mass is 9.96. The number of aliphatic carboxylic acids is 1. The van der Waals surface area contributed by atoms with Crippen LogP contribution in [0.5, 0.6) is 0 Å². The molecule has 3 fully saturated rings. The molecule has 0 saturated carbocycles. The van der Waals surface area contributed by atoms with Gasteiger partial charge in [0, 0.05) is 45.6 Å². The highest BCUT2D eigenvalue weighted by Crippen LogP contribution is 2.33. The molecule has 2 aromatic rings. The van der Waals surface area contributed by atoms with Crippen LogP contribution in [0.3, 0.4) is 0 Å². The summed E-state index contributed by atoms with van der Waals surface area (Å²) in [4.78, 5) is 135. The fraction of sp³-hybridized carbons (Fsp3) is 0.549. The predicted octanol–water partition coefficient (Wildman–Crippen LogP) is -3.60. The van der Waals surface area contributed by atoms with Gasteiger partial charge in [-0.25, -0.2) is 4.79 Å². The van der Waals surface area contributed by atoms with E-state index < -0.39 is 114 Å². The van der Waals surface area contributed by atoms with Gasteiger partial charge in [0.1, 0.15) is 41.8 Å². The highest BCUT2D eigenvalue weighted by molar-refractivity contribution is 5.99. The number of aliphatic hydroxyl groups is 1. The van der Waals surface area contributed by atoms with Gasteiger partial charge in [-0.15, -0.1) is 0 Å². The van der Waals surface area contributed by atoms with Crippen molar-refractivity contribution in [3.05, 3.63) is 71.8 Å². The number of nitrogens with zero attached hydrogens (tertiary/aromatic N) is 5. The Balaban J connectivity index is 1.22. The molecule has 0 radical (unpaired) electrons. The fourth-order valence-electron chi connectivity index (χ4n) is 9.85. The smallest absolute Gasteiger partial charge is 0.326 e. The van der Waals surface area contributed by atoms with E-state index in [1.165, 1.54) is 14.7 Å². The number of rotatable bonds is 27. The summed E-state index contributed by atoms with van der Waals surface area (Å²) in [6.45, 7) is 1.09. The molecule has 8 amide bonds. The summed E-state index contributed by atoms with van der Waals surface area (Å²) < 4.78 is 0. The zero-order valence-corrected chi connectivity index (χ0v) is 43.4. The molecular weight excluding hydrogens is 999 g/mol. The van der Waals surface area contributed by atoms with E-state index in [2.05, 4.69) is 36.6 Å². The number of likely N-dealkylation sites (tertiary alicyclic amines) is 3. The number of guanidine groups is 2. The van der Waals surface area contributed by atoms with Gasteiger partial charge in [0.15, 0.2) is 11.9 Å². The first-order valence-electron chi connectivity index (χ1n) is 25.9. The SMILES string of the molecule is C[C@@]1(C(=O)NCC(=O)N[C@@H](Cc2ccccc2)C(=O)N[C@@H](CO)C(=O)N2CCC[C@H]2C(=O)N[C@@H](Cc2ccccc2)C(=O)N[C@@H](CCCN=C(N)N)C(=O)O)CCCN1C(=O)[C@@H]1CCCN1C(=O)[C@@H](N)CCCN=C(N)N. The van der Waals surface area contributed by atoms with Crippen LogP contribution in [0.4, 0.5) is 0 Å². The van der Waals surface area contributed by atoms with Crippen LogP contribution < -0.4 is 55.3 Å².